The van der Waals surface area contributed by atoms with Crippen molar-refractivity contribution < 1.29 is 0 Å². The number of thiocarbonyl (C=S) groups is 1. The van der Waals surface area contributed by atoms with Crippen molar-refractivity contribution in [2.24, 2.45) is 0 Å². The van der Waals surface area contributed by atoms with Gasteiger partial charge in [-0.15, -0.1) is 0 Å². The number of halogens is 1. The van der Waals surface area contributed by atoms with E-state index in [2.05, 4.69) is 22.2 Å². The Bertz CT molecular complexity index is 593. The molecule has 3 nitrogen and oxygen atoms in total. The van der Waals surface area contributed by atoms with Gasteiger partial charge in [-0.05, 0) is 69.6 Å². The highest BCUT2D eigenvalue weighted by Gasteiger charge is 2.28. The molecule has 0 aromatic heterocycles. The summed E-state index contributed by atoms with van der Waals surface area (Å²) in [6.07, 6.45) is 9.39. The van der Waals surface area contributed by atoms with Gasteiger partial charge in [0, 0.05) is 35.9 Å². The topological polar surface area (TPSA) is 18.5 Å². The Morgan fingerprint density at radius 1 is 1.12 bits per heavy atom. The summed E-state index contributed by atoms with van der Waals surface area (Å²) in [7, 11) is 2.33. The predicted octanol–water partition coefficient (Wildman–Crippen LogP) is 5.07. The van der Waals surface area contributed by atoms with Gasteiger partial charge in [0.15, 0.2) is 5.11 Å². The molecule has 138 valence electrons. The van der Waals surface area contributed by atoms with E-state index < -0.39 is 0 Å². The van der Waals surface area contributed by atoms with E-state index in [1.807, 2.05) is 25.1 Å². The van der Waals surface area contributed by atoms with E-state index in [0.717, 1.165) is 40.5 Å². The van der Waals surface area contributed by atoms with E-state index in [-0.39, 0.29) is 0 Å². The summed E-state index contributed by atoms with van der Waals surface area (Å²) in [6.45, 7) is 4.08. The van der Waals surface area contributed by atoms with Gasteiger partial charge in [-0.3, -0.25) is 0 Å². The first kappa shape index (κ1) is 18.9. The highest BCUT2D eigenvalue weighted by molar-refractivity contribution is 7.80. The molecule has 5 heteroatoms. The number of hydrogen-bond donors (Lipinski definition) is 1. The number of rotatable bonds is 3. The second-order valence-corrected chi connectivity index (χ2v) is 8.36. The second kappa shape index (κ2) is 8.70. The van der Waals surface area contributed by atoms with Crippen LogP contribution in [-0.2, 0) is 0 Å². The maximum absolute atomic E-state index is 6.21. The molecule has 0 spiro atoms. The lowest BCUT2D eigenvalue weighted by molar-refractivity contribution is 0.0985. The van der Waals surface area contributed by atoms with Crippen molar-refractivity contribution in [2.75, 3.05) is 25.5 Å². The van der Waals surface area contributed by atoms with Crippen LogP contribution in [0.15, 0.2) is 18.2 Å². The smallest absolute Gasteiger partial charge is 0.173 e. The standard InChI is InChI=1S/C20H30ClN3S/c1-15-8-9-16(14-19(15)21)22-20(25)24-12-10-18(11-13-24)23(2)17-6-4-3-5-7-17/h8-9,14,17-18H,3-7,10-13H2,1-2H3,(H,22,25). The zero-order valence-electron chi connectivity index (χ0n) is 15.4. The molecule has 1 saturated carbocycles. The number of piperidine rings is 1. The minimum atomic E-state index is 0.705. The second-order valence-electron chi connectivity index (χ2n) is 7.57. The summed E-state index contributed by atoms with van der Waals surface area (Å²) in [5.41, 5.74) is 2.06. The van der Waals surface area contributed by atoms with E-state index in [0.29, 0.717) is 6.04 Å². The first-order chi connectivity index (χ1) is 12.0. The third kappa shape index (κ3) is 4.87. The summed E-state index contributed by atoms with van der Waals surface area (Å²) >= 11 is 11.8. The van der Waals surface area contributed by atoms with Crippen molar-refractivity contribution in [3.05, 3.63) is 28.8 Å². The first-order valence-electron chi connectivity index (χ1n) is 9.58. The van der Waals surface area contributed by atoms with Gasteiger partial charge in [0.1, 0.15) is 0 Å². The Kier molecular flexibility index (Phi) is 6.59. The molecule has 0 bridgehead atoms. The largest absolute Gasteiger partial charge is 0.349 e. The first-order valence-corrected chi connectivity index (χ1v) is 10.4. The Labute approximate surface area is 162 Å². The van der Waals surface area contributed by atoms with Crippen LogP contribution in [0.3, 0.4) is 0 Å². The van der Waals surface area contributed by atoms with Gasteiger partial charge in [0.25, 0.3) is 0 Å². The molecule has 2 aliphatic rings. The quantitative estimate of drug-likeness (QED) is 0.738. The van der Waals surface area contributed by atoms with Crippen LogP contribution in [0.25, 0.3) is 0 Å². The van der Waals surface area contributed by atoms with Crippen molar-refractivity contribution in [3.8, 4) is 0 Å². The SMILES string of the molecule is Cc1ccc(NC(=S)N2CCC(N(C)C3CCCCC3)CC2)cc1Cl. The molecule has 0 atom stereocenters. The molecule has 2 fully saturated rings. The Morgan fingerprint density at radius 2 is 1.76 bits per heavy atom. The summed E-state index contributed by atoms with van der Waals surface area (Å²) in [6, 6.07) is 7.52. The van der Waals surface area contributed by atoms with Gasteiger partial charge in [-0.2, -0.15) is 0 Å². The lowest BCUT2D eigenvalue weighted by Crippen LogP contribution is -2.49. The van der Waals surface area contributed by atoms with Crippen molar-refractivity contribution in [2.45, 2.75) is 64.0 Å². The Hall–Kier alpha value is -0.840. The molecule has 1 aliphatic heterocycles. The van der Waals surface area contributed by atoms with Crippen molar-refractivity contribution in [1.82, 2.24) is 9.80 Å². The van der Waals surface area contributed by atoms with Gasteiger partial charge in [-0.25, -0.2) is 0 Å². The predicted molar refractivity (Wildman–Crippen MR) is 112 cm³/mol. The number of likely N-dealkylation sites (tertiary alicyclic amines) is 1. The van der Waals surface area contributed by atoms with Crippen molar-refractivity contribution >= 4 is 34.6 Å². The van der Waals surface area contributed by atoms with Crippen LogP contribution in [0.2, 0.25) is 5.02 Å². The Morgan fingerprint density at radius 3 is 2.40 bits per heavy atom. The average molecular weight is 380 g/mol. The van der Waals surface area contributed by atoms with Crippen molar-refractivity contribution in [1.29, 1.82) is 0 Å². The van der Waals surface area contributed by atoms with Gasteiger partial charge >= 0.3 is 0 Å². The van der Waals surface area contributed by atoms with Gasteiger partial charge in [-0.1, -0.05) is 36.9 Å². The number of aryl methyl sites for hydroxylation is 1. The molecule has 1 heterocycles. The molecule has 0 amide bonds. The summed E-state index contributed by atoms with van der Waals surface area (Å²) in [5, 5.41) is 4.94. The van der Waals surface area contributed by atoms with Crippen LogP contribution >= 0.6 is 23.8 Å². The monoisotopic (exact) mass is 379 g/mol. The van der Waals surface area contributed by atoms with E-state index in [1.165, 1.54) is 44.9 Å². The maximum Gasteiger partial charge on any atom is 0.173 e. The fourth-order valence-electron chi connectivity index (χ4n) is 4.14. The number of benzene rings is 1. The van der Waals surface area contributed by atoms with Crippen LogP contribution in [0.1, 0.15) is 50.5 Å². The van der Waals surface area contributed by atoms with Crippen molar-refractivity contribution in [3.63, 3.8) is 0 Å². The van der Waals surface area contributed by atoms with E-state index in [4.69, 9.17) is 23.8 Å². The molecular formula is C20H30ClN3S. The number of nitrogens with zero attached hydrogens (tertiary/aromatic N) is 2. The fraction of sp³-hybridized carbons (Fsp3) is 0.650. The van der Waals surface area contributed by atoms with Gasteiger partial charge < -0.3 is 15.1 Å². The molecule has 1 aromatic rings. The fourth-order valence-corrected chi connectivity index (χ4v) is 4.62. The molecule has 1 N–H and O–H groups in total. The molecule has 1 saturated heterocycles. The van der Waals surface area contributed by atoms with Crippen LogP contribution in [0.4, 0.5) is 5.69 Å². The number of hydrogen-bond acceptors (Lipinski definition) is 2. The molecule has 0 radical (unpaired) electrons. The van der Waals surface area contributed by atoms with Crippen LogP contribution in [0.5, 0.6) is 0 Å². The van der Waals surface area contributed by atoms with E-state index in [1.54, 1.807) is 0 Å². The third-order valence-corrected chi connectivity index (χ3v) is 6.67. The molecule has 0 unspecified atom stereocenters. The molecule has 3 rings (SSSR count). The maximum atomic E-state index is 6.21. The molecular weight excluding hydrogens is 350 g/mol. The summed E-state index contributed by atoms with van der Waals surface area (Å²) < 4.78 is 0. The highest BCUT2D eigenvalue weighted by Crippen LogP contribution is 2.27. The molecule has 1 aliphatic carbocycles. The lowest BCUT2D eigenvalue weighted by atomic mass is 9.92. The number of anilines is 1. The van der Waals surface area contributed by atoms with Crippen LogP contribution in [0, 0.1) is 6.92 Å². The lowest BCUT2D eigenvalue weighted by Gasteiger charge is -2.42. The minimum Gasteiger partial charge on any atom is -0.349 e. The average Bonchev–Trinajstić information content (AvgIpc) is 2.65. The van der Waals surface area contributed by atoms with Crippen LogP contribution in [-0.4, -0.2) is 47.1 Å². The van der Waals surface area contributed by atoms with Gasteiger partial charge in [0.05, 0.1) is 0 Å². The number of nitrogens with one attached hydrogen (secondary N) is 1. The Balaban J connectivity index is 1.49. The minimum absolute atomic E-state index is 0.705. The van der Waals surface area contributed by atoms with Gasteiger partial charge in [0.2, 0.25) is 0 Å². The van der Waals surface area contributed by atoms with Crippen LogP contribution < -0.4 is 5.32 Å². The summed E-state index contributed by atoms with van der Waals surface area (Å²) in [4.78, 5) is 4.96. The molecule has 25 heavy (non-hydrogen) atoms. The van der Waals surface area contributed by atoms with E-state index in [9.17, 15) is 0 Å². The van der Waals surface area contributed by atoms with E-state index >= 15 is 0 Å². The zero-order chi connectivity index (χ0) is 17.8. The summed E-state index contributed by atoms with van der Waals surface area (Å²) in [5.74, 6) is 0. The molecule has 1 aromatic carbocycles. The normalized spacial score (nSPS) is 20.1. The zero-order valence-corrected chi connectivity index (χ0v) is 17.0. The third-order valence-electron chi connectivity index (χ3n) is 5.90. The highest BCUT2D eigenvalue weighted by atomic mass is 35.5.